The number of hydrogen-bond donors (Lipinski definition) is 0. The molecule has 0 spiro atoms. The lowest BCUT2D eigenvalue weighted by molar-refractivity contribution is -0.138. The van der Waals surface area contributed by atoms with Crippen LogP contribution in [0.25, 0.3) is 5.57 Å². The first-order valence-corrected chi connectivity index (χ1v) is 5.04. The van der Waals surface area contributed by atoms with Crippen molar-refractivity contribution < 1.29 is 9.53 Å². The van der Waals surface area contributed by atoms with Crippen LogP contribution in [-0.4, -0.2) is 12.6 Å². The molecule has 0 heterocycles. The first kappa shape index (κ1) is 12.0. The second kappa shape index (κ2) is 5.72. The summed E-state index contributed by atoms with van der Waals surface area (Å²) >= 11 is 0. The summed E-state index contributed by atoms with van der Waals surface area (Å²) < 4.78 is 4.86. The van der Waals surface area contributed by atoms with Crippen molar-refractivity contribution in [2.45, 2.75) is 13.8 Å². The van der Waals surface area contributed by atoms with Crippen molar-refractivity contribution in [1.29, 1.82) is 5.26 Å². The third kappa shape index (κ3) is 2.71. The van der Waals surface area contributed by atoms with Crippen LogP contribution in [0.1, 0.15) is 19.4 Å². The van der Waals surface area contributed by atoms with E-state index >= 15 is 0 Å². The Morgan fingerprint density at radius 1 is 1.38 bits per heavy atom. The predicted molar refractivity (Wildman–Crippen MR) is 61.3 cm³/mol. The Labute approximate surface area is 95.0 Å². The van der Waals surface area contributed by atoms with Crippen molar-refractivity contribution >= 4 is 11.5 Å². The zero-order valence-electron chi connectivity index (χ0n) is 9.36. The molecule has 0 fully saturated rings. The Morgan fingerprint density at radius 3 is 2.50 bits per heavy atom. The predicted octanol–water partition coefficient (Wildman–Crippen LogP) is 2.55. The van der Waals surface area contributed by atoms with E-state index in [2.05, 4.69) is 0 Å². The van der Waals surface area contributed by atoms with E-state index in [0.29, 0.717) is 17.8 Å². The quantitative estimate of drug-likeness (QED) is 0.442. The smallest absolute Gasteiger partial charge is 0.335 e. The lowest BCUT2D eigenvalue weighted by atomic mass is 10.0. The van der Waals surface area contributed by atoms with Gasteiger partial charge in [0.25, 0.3) is 0 Å². The number of carbonyl (C=O) groups excluding carboxylic acids is 1. The second-order valence-corrected chi connectivity index (χ2v) is 3.20. The highest BCUT2D eigenvalue weighted by molar-refractivity contribution is 6.00. The minimum atomic E-state index is -0.442. The Bertz CT molecular complexity index is 441. The monoisotopic (exact) mass is 215 g/mol. The molecule has 0 aliphatic rings. The molecule has 3 nitrogen and oxygen atoms in total. The molecule has 0 bridgehead atoms. The molecule has 0 atom stereocenters. The molecule has 1 aromatic carbocycles. The SMILES string of the molecule is CCOC(=O)C(C)=C(C#N)c1ccccc1. The summed E-state index contributed by atoms with van der Waals surface area (Å²) in [5.41, 5.74) is 1.44. The van der Waals surface area contributed by atoms with Gasteiger partial charge >= 0.3 is 5.97 Å². The molecule has 82 valence electrons. The fourth-order valence-electron chi connectivity index (χ4n) is 1.31. The van der Waals surface area contributed by atoms with Gasteiger partial charge < -0.3 is 4.74 Å². The molecule has 0 saturated carbocycles. The molecule has 0 aliphatic heterocycles. The van der Waals surface area contributed by atoms with Crippen LogP contribution in [0, 0.1) is 11.3 Å². The maximum Gasteiger partial charge on any atom is 0.335 e. The van der Waals surface area contributed by atoms with Gasteiger partial charge in [0.1, 0.15) is 6.07 Å². The third-order valence-electron chi connectivity index (χ3n) is 2.13. The summed E-state index contributed by atoms with van der Waals surface area (Å²) in [6.45, 7) is 3.65. The number of benzene rings is 1. The normalized spacial score (nSPS) is 11.3. The van der Waals surface area contributed by atoms with Crippen LogP contribution >= 0.6 is 0 Å². The van der Waals surface area contributed by atoms with Crippen LogP contribution in [0.3, 0.4) is 0 Å². The van der Waals surface area contributed by atoms with Gasteiger partial charge in [-0.05, 0) is 19.4 Å². The molecule has 0 N–H and O–H groups in total. The summed E-state index contributed by atoms with van der Waals surface area (Å²) in [4.78, 5) is 11.5. The average molecular weight is 215 g/mol. The molecule has 1 aromatic rings. The number of carbonyl (C=O) groups is 1. The van der Waals surface area contributed by atoms with Crippen molar-refractivity contribution in [2.75, 3.05) is 6.61 Å². The van der Waals surface area contributed by atoms with Crippen LogP contribution in [0.4, 0.5) is 0 Å². The maximum absolute atomic E-state index is 11.5. The van der Waals surface area contributed by atoms with Crippen LogP contribution in [0.5, 0.6) is 0 Å². The number of esters is 1. The standard InChI is InChI=1S/C13H13NO2/c1-3-16-13(15)10(2)12(9-14)11-7-5-4-6-8-11/h4-8H,3H2,1-2H3. The summed E-state index contributed by atoms with van der Waals surface area (Å²) in [6.07, 6.45) is 0. The van der Waals surface area contributed by atoms with Crippen molar-refractivity contribution in [3.05, 3.63) is 41.5 Å². The molecule has 0 radical (unpaired) electrons. The maximum atomic E-state index is 11.5. The van der Waals surface area contributed by atoms with Crippen LogP contribution < -0.4 is 0 Å². The van der Waals surface area contributed by atoms with Crippen molar-refractivity contribution in [3.8, 4) is 6.07 Å². The van der Waals surface area contributed by atoms with Gasteiger partial charge in [-0.25, -0.2) is 4.79 Å². The first-order chi connectivity index (χ1) is 7.70. The number of rotatable bonds is 3. The second-order valence-electron chi connectivity index (χ2n) is 3.20. The lowest BCUT2D eigenvalue weighted by Gasteiger charge is -2.05. The van der Waals surface area contributed by atoms with Crippen LogP contribution in [0.15, 0.2) is 35.9 Å². The Morgan fingerprint density at radius 2 is 2.00 bits per heavy atom. The highest BCUT2D eigenvalue weighted by Crippen LogP contribution is 2.18. The van der Waals surface area contributed by atoms with E-state index in [4.69, 9.17) is 10.00 Å². The van der Waals surface area contributed by atoms with Gasteiger partial charge in [-0.2, -0.15) is 5.26 Å². The van der Waals surface area contributed by atoms with E-state index in [9.17, 15) is 4.79 Å². The molecule has 1 rings (SSSR count). The Hall–Kier alpha value is -2.08. The molecule has 0 saturated heterocycles. The zero-order valence-corrected chi connectivity index (χ0v) is 9.36. The first-order valence-electron chi connectivity index (χ1n) is 5.04. The fraction of sp³-hybridized carbons (Fsp3) is 0.231. The van der Waals surface area contributed by atoms with Crippen LogP contribution in [-0.2, 0) is 9.53 Å². The highest BCUT2D eigenvalue weighted by Gasteiger charge is 2.12. The molecular formula is C13H13NO2. The van der Waals surface area contributed by atoms with Gasteiger partial charge in [-0.1, -0.05) is 30.3 Å². The van der Waals surface area contributed by atoms with E-state index in [1.807, 2.05) is 24.3 Å². The number of allylic oxidation sites excluding steroid dienone is 1. The van der Waals surface area contributed by atoms with Gasteiger partial charge in [0.05, 0.1) is 17.8 Å². The molecule has 3 heteroatoms. The molecule has 0 aromatic heterocycles. The molecule has 0 aliphatic carbocycles. The van der Waals surface area contributed by atoms with Gasteiger partial charge in [-0.3, -0.25) is 0 Å². The molecule has 16 heavy (non-hydrogen) atoms. The molecule has 0 unspecified atom stereocenters. The summed E-state index contributed by atoms with van der Waals surface area (Å²) in [6, 6.07) is 11.1. The van der Waals surface area contributed by atoms with Crippen molar-refractivity contribution in [2.24, 2.45) is 0 Å². The van der Waals surface area contributed by atoms with Crippen molar-refractivity contribution in [1.82, 2.24) is 0 Å². The largest absolute Gasteiger partial charge is 0.463 e. The topological polar surface area (TPSA) is 50.1 Å². The van der Waals surface area contributed by atoms with E-state index in [-0.39, 0.29) is 0 Å². The zero-order chi connectivity index (χ0) is 12.0. The summed E-state index contributed by atoms with van der Waals surface area (Å²) in [7, 11) is 0. The van der Waals surface area contributed by atoms with E-state index in [0.717, 1.165) is 5.56 Å². The Kier molecular flexibility index (Phi) is 4.28. The third-order valence-corrected chi connectivity index (χ3v) is 2.13. The van der Waals surface area contributed by atoms with E-state index in [1.54, 1.807) is 26.0 Å². The van der Waals surface area contributed by atoms with Gasteiger partial charge in [-0.15, -0.1) is 0 Å². The number of ether oxygens (including phenoxy) is 1. The minimum absolute atomic E-state index is 0.309. The van der Waals surface area contributed by atoms with Crippen LogP contribution in [0.2, 0.25) is 0 Å². The Balaban J connectivity index is 3.12. The van der Waals surface area contributed by atoms with E-state index < -0.39 is 5.97 Å². The van der Waals surface area contributed by atoms with Gasteiger partial charge in [0.15, 0.2) is 0 Å². The molecular weight excluding hydrogens is 202 g/mol. The number of nitrogens with zero attached hydrogens (tertiary/aromatic N) is 1. The average Bonchev–Trinajstić information content (AvgIpc) is 2.31. The van der Waals surface area contributed by atoms with Gasteiger partial charge in [0, 0.05) is 0 Å². The number of nitriles is 1. The van der Waals surface area contributed by atoms with Gasteiger partial charge in [0.2, 0.25) is 0 Å². The lowest BCUT2D eigenvalue weighted by Crippen LogP contribution is -2.07. The summed E-state index contributed by atoms with van der Waals surface area (Å²) in [5.74, 6) is -0.442. The van der Waals surface area contributed by atoms with E-state index in [1.165, 1.54) is 0 Å². The fourth-order valence-corrected chi connectivity index (χ4v) is 1.31. The minimum Gasteiger partial charge on any atom is -0.463 e. The molecule has 0 amide bonds. The number of hydrogen-bond acceptors (Lipinski definition) is 3. The summed E-state index contributed by atoms with van der Waals surface area (Å²) in [5, 5.41) is 9.05. The van der Waals surface area contributed by atoms with Crippen molar-refractivity contribution in [3.63, 3.8) is 0 Å². The highest BCUT2D eigenvalue weighted by atomic mass is 16.5.